The fourth-order valence-electron chi connectivity index (χ4n) is 4.93. The first-order valence-electron chi connectivity index (χ1n) is 14.2. The van der Waals surface area contributed by atoms with Crippen LogP contribution in [0.1, 0.15) is 43.0 Å². The lowest BCUT2D eigenvalue weighted by Crippen LogP contribution is -2.41. The number of halogens is 8. The van der Waals surface area contributed by atoms with Gasteiger partial charge in [-0.15, -0.1) is 0 Å². The number of ketones is 2. The standard InChI is InChI=1S/C18H15BrF3N3O2.C16H10BrF3O3/c1-9-7-10(4-6-14(9)27-16(21)22)18(15(26)25(2)17(23)24-18)11-3-5-13(20)12(19)8-11;1-8-6-9(3-5-13(8)23-16(19)20)14(21)15(22)10-2-4-12(18)11(17)7-10/h3-8,16H,1-2H3,(H2,23,24);2-7,16H,1H3. The van der Waals surface area contributed by atoms with Crippen molar-refractivity contribution in [1.29, 1.82) is 0 Å². The number of rotatable bonds is 9. The molecule has 0 saturated heterocycles. The minimum atomic E-state index is -2.98. The SMILES string of the molecule is Cc1cc(C(=O)C(=O)c2ccc(F)c(Br)c2)ccc1OC(F)F.Cc1cc(C2(c3ccc(F)c(Br)c3)N=C(N)N(C)C2=O)ccc1OC(F)F. The number of Topliss-reactive ketones (excluding diaryl/α,β-unsaturated/α-hetero) is 2. The molecule has 16 heteroatoms. The summed E-state index contributed by atoms with van der Waals surface area (Å²) >= 11 is 6.05. The third kappa shape index (κ3) is 8.02. The van der Waals surface area contributed by atoms with Gasteiger partial charge in [-0.25, -0.2) is 13.8 Å². The first kappa shape index (κ1) is 38.1. The number of alkyl halides is 4. The summed E-state index contributed by atoms with van der Waals surface area (Å²) in [6.07, 6.45) is 0. The third-order valence-electron chi connectivity index (χ3n) is 7.43. The summed E-state index contributed by atoms with van der Waals surface area (Å²) in [6, 6.07) is 15.6. The maximum absolute atomic E-state index is 13.7. The van der Waals surface area contributed by atoms with Gasteiger partial charge in [0.1, 0.15) is 23.1 Å². The van der Waals surface area contributed by atoms with Crippen LogP contribution in [-0.4, -0.2) is 48.6 Å². The number of benzene rings is 4. The second-order valence-corrected chi connectivity index (χ2v) is 12.4. The van der Waals surface area contributed by atoms with E-state index in [2.05, 4.69) is 46.3 Å². The van der Waals surface area contributed by atoms with Crippen LogP contribution in [0.15, 0.2) is 86.7 Å². The molecule has 262 valence electrons. The average Bonchev–Trinajstić information content (AvgIpc) is 3.29. The molecule has 0 saturated carbocycles. The third-order valence-corrected chi connectivity index (χ3v) is 8.64. The van der Waals surface area contributed by atoms with Crippen molar-refractivity contribution in [2.75, 3.05) is 7.05 Å². The lowest BCUT2D eigenvalue weighted by molar-refractivity contribution is -0.129. The smallest absolute Gasteiger partial charge is 0.387 e. The van der Waals surface area contributed by atoms with E-state index in [1.165, 1.54) is 85.6 Å². The van der Waals surface area contributed by atoms with Crippen molar-refractivity contribution < 1.29 is 50.2 Å². The zero-order valence-corrected chi connectivity index (χ0v) is 29.3. The summed E-state index contributed by atoms with van der Waals surface area (Å²) in [7, 11) is 1.47. The summed E-state index contributed by atoms with van der Waals surface area (Å²) in [5.41, 5.74) is 5.85. The van der Waals surface area contributed by atoms with Crippen LogP contribution in [-0.2, 0) is 10.3 Å². The molecule has 0 radical (unpaired) electrons. The second kappa shape index (κ2) is 15.5. The van der Waals surface area contributed by atoms with E-state index in [4.69, 9.17) is 5.73 Å². The predicted molar refractivity (Wildman–Crippen MR) is 178 cm³/mol. The van der Waals surface area contributed by atoms with Gasteiger partial charge in [0, 0.05) is 18.2 Å². The van der Waals surface area contributed by atoms with Crippen LogP contribution in [0.5, 0.6) is 11.5 Å². The van der Waals surface area contributed by atoms with Gasteiger partial charge in [-0.1, -0.05) is 12.1 Å². The minimum absolute atomic E-state index is 0.00833. The largest absolute Gasteiger partial charge is 0.435 e. The molecule has 4 aromatic carbocycles. The van der Waals surface area contributed by atoms with E-state index < -0.39 is 47.9 Å². The Kier molecular flexibility index (Phi) is 11.8. The number of carbonyl (C=O) groups excluding carboxylic acids is 3. The summed E-state index contributed by atoms with van der Waals surface area (Å²) < 4.78 is 85.3. The Hall–Kier alpha value is -4.70. The number of hydrogen-bond acceptors (Lipinski definition) is 7. The van der Waals surface area contributed by atoms with Gasteiger partial charge in [0.05, 0.1) is 8.95 Å². The Balaban J connectivity index is 0.000000228. The second-order valence-electron chi connectivity index (χ2n) is 10.7. The minimum Gasteiger partial charge on any atom is -0.435 e. The maximum atomic E-state index is 13.7. The first-order valence-corrected chi connectivity index (χ1v) is 15.8. The summed E-state index contributed by atoms with van der Waals surface area (Å²) in [4.78, 5) is 43.0. The number of carbonyl (C=O) groups is 3. The van der Waals surface area contributed by atoms with Crippen molar-refractivity contribution in [2.24, 2.45) is 10.7 Å². The van der Waals surface area contributed by atoms with E-state index in [0.29, 0.717) is 22.3 Å². The molecule has 0 bridgehead atoms. The normalized spacial score (nSPS) is 15.5. The summed E-state index contributed by atoms with van der Waals surface area (Å²) in [6.45, 7) is -2.89. The zero-order valence-electron chi connectivity index (χ0n) is 26.1. The number of aryl methyl sites for hydroxylation is 2. The molecule has 1 amide bonds. The highest BCUT2D eigenvalue weighted by atomic mass is 79.9. The van der Waals surface area contributed by atoms with Crippen molar-refractivity contribution >= 4 is 55.3 Å². The molecule has 0 aliphatic carbocycles. The van der Waals surface area contributed by atoms with Crippen molar-refractivity contribution in [2.45, 2.75) is 32.6 Å². The highest BCUT2D eigenvalue weighted by molar-refractivity contribution is 9.10. The van der Waals surface area contributed by atoms with E-state index in [1.807, 2.05) is 0 Å². The van der Waals surface area contributed by atoms with Crippen LogP contribution in [0.3, 0.4) is 0 Å². The van der Waals surface area contributed by atoms with Crippen LogP contribution >= 0.6 is 31.9 Å². The van der Waals surface area contributed by atoms with E-state index in [1.54, 1.807) is 6.92 Å². The number of nitrogens with zero attached hydrogens (tertiary/aromatic N) is 2. The van der Waals surface area contributed by atoms with E-state index in [9.17, 15) is 40.7 Å². The number of aliphatic imine (C=N–C) groups is 1. The predicted octanol–water partition coefficient (Wildman–Crippen LogP) is 8.09. The van der Waals surface area contributed by atoms with Gasteiger partial charge in [0.15, 0.2) is 11.5 Å². The van der Waals surface area contributed by atoms with Gasteiger partial charge in [-0.3, -0.25) is 19.3 Å². The molecule has 1 unspecified atom stereocenters. The molecule has 1 atom stereocenters. The fraction of sp³-hybridized carbons (Fsp3) is 0.176. The quantitative estimate of drug-likeness (QED) is 0.104. The van der Waals surface area contributed by atoms with Crippen molar-refractivity contribution in [1.82, 2.24) is 4.90 Å². The Bertz CT molecular complexity index is 2010. The number of ether oxygens (including phenoxy) is 2. The van der Waals surface area contributed by atoms with Crippen molar-refractivity contribution in [3.8, 4) is 11.5 Å². The Labute approximate surface area is 298 Å². The van der Waals surface area contributed by atoms with Gasteiger partial charge in [0.2, 0.25) is 11.6 Å². The number of hydrogen-bond donors (Lipinski definition) is 1. The van der Waals surface area contributed by atoms with Crippen LogP contribution < -0.4 is 15.2 Å². The van der Waals surface area contributed by atoms with E-state index in [-0.39, 0.29) is 37.5 Å². The number of nitrogens with two attached hydrogens (primary N) is 1. The van der Waals surface area contributed by atoms with Gasteiger partial charge in [0.25, 0.3) is 5.91 Å². The maximum Gasteiger partial charge on any atom is 0.387 e. The van der Waals surface area contributed by atoms with Crippen LogP contribution in [0.2, 0.25) is 0 Å². The molecule has 0 spiro atoms. The molecule has 2 N–H and O–H groups in total. The molecule has 0 fully saturated rings. The van der Waals surface area contributed by atoms with Gasteiger partial charge in [-0.2, -0.15) is 17.6 Å². The van der Waals surface area contributed by atoms with E-state index in [0.717, 1.165) is 6.07 Å². The average molecular weight is 829 g/mol. The Morgan fingerprint density at radius 2 is 1.18 bits per heavy atom. The highest BCUT2D eigenvalue weighted by Crippen LogP contribution is 2.41. The summed E-state index contributed by atoms with van der Waals surface area (Å²) in [5.74, 6) is -3.25. The Morgan fingerprint density at radius 1 is 0.740 bits per heavy atom. The van der Waals surface area contributed by atoms with Crippen molar-refractivity contribution in [3.05, 3.63) is 127 Å². The lowest BCUT2D eigenvalue weighted by Gasteiger charge is -2.27. The molecule has 8 nitrogen and oxygen atoms in total. The molecule has 5 rings (SSSR count). The molecular weight excluding hydrogens is 804 g/mol. The van der Waals surface area contributed by atoms with Crippen LogP contribution in [0.25, 0.3) is 0 Å². The Morgan fingerprint density at radius 3 is 1.64 bits per heavy atom. The number of guanidine groups is 1. The molecule has 1 heterocycles. The number of likely N-dealkylation sites (N-methyl/N-ethyl adjacent to an activating group) is 1. The molecule has 4 aromatic rings. The topological polar surface area (TPSA) is 111 Å². The monoisotopic (exact) mass is 827 g/mol. The van der Waals surface area contributed by atoms with Gasteiger partial charge >= 0.3 is 13.2 Å². The first-order chi connectivity index (χ1) is 23.5. The van der Waals surface area contributed by atoms with E-state index >= 15 is 0 Å². The zero-order chi connectivity index (χ0) is 37.1. The molecule has 50 heavy (non-hydrogen) atoms. The highest BCUT2D eigenvalue weighted by Gasteiger charge is 2.49. The summed E-state index contributed by atoms with van der Waals surface area (Å²) in [5, 5.41) is 0. The molecular formula is C34H25Br2F6N3O5. The van der Waals surface area contributed by atoms with Crippen LogP contribution in [0.4, 0.5) is 26.3 Å². The van der Waals surface area contributed by atoms with Crippen molar-refractivity contribution in [3.63, 3.8) is 0 Å². The van der Waals surface area contributed by atoms with Crippen LogP contribution in [0, 0.1) is 25.5 Å². The molecule has 1 aliphatic rings. The fourth-order valence-corrected chi connectivity index (χ4v) is 5.68. The molecule has 1 aliphatic heterocycles. The van der Waals surface area contributed by atoms with Gasteiger partial charge < -0.3 is 15.2 Å². The number of amides is 1. The van der Waals surface area contributed by atoms with Gasteiger partial charge in [-0.05, 0) is 129 Å². The lowest BCUT2D eigenvalue weighted by atomic mass is 9.82. The molecule has 0 aromatic heterocycles.